The lowest BCUT2D eigenvalue weighted by molar-refractivity contribution is -0.117. The Morgan fingerprint density at radius 2 is 1.96 bits per heavy atom. The standard InChI is InChI=1S/C16H14ClN5O3S/c1-26(24,25)12-6-4-5-11(9-12)18-15(23)10-22-20-16(19-21-22)13-7-2-3-8-14(13)17/h2-9H,10H2,1H3,(H,18,23). The fourth-order valence-corrected chi connectivity index (χ4v) is 3.08. The number of rotatable bonds is 5. The van der Waals surface area contributed by atoms with Crippen LogP contribution in [0.3, 0.4) is 0 Å². The van der Waals surface area contributed by atoms with Crippen molar-refractivity contribution in [3.8, 4) is 11.4 Å². The molecule has 0 radical (unpaired) electrons. The Balaban J connectivity index is 1.71. The van der Waals surface area contributed by atoms with Crippen LogP contribution < -0.4 is 5.32 Å². The van der Waals surface area contributed by atoms with Crippen molar-refractivity contribution >= 4 is 33.0 Å². The highest BCUT2D eigenvalue weighted by molar-refractivity contribution is 7.90. The Morgan fingerprint density at radius 3 is 2.69 bits per heavy atom. The van der Waals surface area contributed by atoms with Gasteiger partial charge in [-0.25, -0.2) is 8.42 Å². The smallest absolute Gasteiger partial charge is 0.248 e. The summed E-state index contributed by atoms with van der Waals surface area (Å²) >= 11 is 6.09. The van der Waals surface area contributed by atoms with Gasteiger partial charge in [0.15, 0.2) is 9.84 Å². The molecule has 3 rings (SSSR count). The predicted octanol–water partition coefficient (Wildman–Crippen LogP) is 2.04. The van der Waals surface area contributed by atoms with Crippen molar-refractivity contribution in [2.75, 3.05) is 11.6 Å². The number of hydrogen-bond donors (Lipinski definition) is 1. The van der Waals surface area contributed by atoms with E-state index < -0.39 is 15.7 Å². The van der Waals surface area contributed by atoms with Gasteiger partial charge in [-0.05, 0) is 35.5 Å². The third kappa shape index (κ3) is 4.24. The van der Waals surface area contributed by atoms with E-state index in [9.17, 15) is 13.2 Å². The van der Waals surface area contributed by atoms with E-state index in [-0.39, 0.29) is 11.4 Å². The van der Waals surface area contributed by atoms with E-state index in [2.05, 4.69) is 20.7 Å². The molecular weight excluding hydrogens is 378 g/mol. The third-order valence-corrected chi connectivity index (χ3v) is 4.84. The maximum absolute atomic E-state index is 12.1. The molecule has 1 aromatic heterocycles. The molecule has 26 heavy (non-hydrogen) atoms. The van der Waals surface area contributed by atoms with Gasteiger partial charge < -0.3 is 5.32 Å². The SMILES string of the molecule is CS(=O)(=O)c1cccc(NC(=O)Cn2nnc(-c3ccccc3Cl)n2)c1. The van der Waals surface area contributed by atoms with E-state index in [1.165, 1.54) is 12.1 Å². The summed E-state index contributed by atoms with van der Waals surface area (Å²) in [7, 11) is -3.36. The number of hydrogen-bond acceptors (Lipinski definition) is 6. The Labute approximate surface area is 154 Å². The summed E-state index contributed by atoms with van der Waals surface area (Å²) in [5.74, 6) is -0.110. The number of amides is 1. The Bertz CT molecular complexity index is 1070. The molecule has 0 aliphatic carbocycles. The summed E-state index contributed by atoms with van der Waals surface area (Å²) in [6.07, 6.45) is 1.10. The molecule has 1 heterocycles. The molecule has 0 bridgehead atoms. The van der Waals surface area contributed by atoms with Crippen molar-refractivity contribution in [3.05, 3.63) is 53.6 Å². The van der Waals surface area contributed by atoms with E-state index in [4.69, 9.17) is 11.6 Å². The quantitative estimate of drug-likeness (QED) is 0.713. The molecule has 0 saturated carbocycles. The average molecular weight is 392 g/mol. The summed E-state index contributed by atoms with van der Waals surface area (Å²) < 4.78 is 23.1. The van der Waals surface area contributed by atoms with Gasteiger partial charge in [-0.3, -0.25) is 4.79 Å². The summed E-state index contributed by atoms with van der Waals surface area (Å²) in [5, 5.41) is 14.9. The Morgan fingerprint density at radius 1 is 1.19 bits per heavy atom. The van der Waals surface area contributed by atoms with Gasteiger partial charge in [-0.2, -0.15) is 4.80 Å². The van der Waals surface area contributed by atoms with Crippen molar-refractivity contribution in [3.63, 3.8) is 0 Å². The molecule has 3 aromatic rings. The molecule has 0 aliphatic rings. The van der Waals surface area contributed by atoms with Gasteiger partial charge >= 0.3 is 0 Å². The highest BCUT2D eigenvalue weighted by Crippen LogP contribution is 2.23. The van der Waals surface area contributed by atoms with Gasteiger partial charge in [0.25, 0.3) is 0 Å². The van der Waals surface area contributed by atoms with Crippen LogP contribution >= 0.6 is 11.6 Å². The number of sulfone groups is 1. The van der Waals surface area contributed by atoms with Crippen LogP contribution in [-0.4, -0.2) is 40.8 Å². The fraction of sp³-hybridized carbons (Fsp3) is 0.125. The van der Waals surface area contributed by atoms with Crippen molar-refractivity contribution in [1.29, 1.82) is 0 Å². The maximum Gasteiger partial charge on any atom is 0.248 e. The first-order valence-corrected chi connectivity index (χ1v) is 9.72. The normalized spacial score (nSPS) is 11.3. The van der Waals surface area contributed by atoms with Gasteiger partial charge in [0.05, 0.1) is 9.92 Å². The van der Waals surface area contributed by atoms with Gasteiger partial charge in [0.1, 0.15) is 6.54 Å². The van der Waals surface area contributed by atoms with Crippen molar-refractivity contribution in [2.24, 2.45) is 0 Å². The van der Waals surface area contributed by atoms with E-state index in [0.29, 0.717) is 22.1 Å². The predicted molar refractivity (Wildman–Crippen MR) is 96.4 cm³/mol. The van der Waals surface area contributed by atoms with Crippen molar-refractivity contribution in [2.45, 2.75) is 11.4 Å². The summed E-state index contributed by atoms with van der Waals surface area (Å²) in [6.45, 7) is -0.180. The highest BCUT2D eigenvalue weighted by atomic mass is 35.5. The lowest BCUT2D eigenvalue weighted by Crippen LogP contribution is -2.20. The fourth-order valence-electron chi connectivity index (χ4n) is 2.19. The van der Waals surface area contributed by atoms with Gasteiger partial charge in [0, 0.05) is 17.5 Å². The molecule has 1 N–H and O–H groups in total. The Kier molecular flexibility index (Phi) is 5.01. The van der Waals surface area contributed by atoms with Gasteiger partial charge in [0.2, 0.25) is 11.7 Å². The van der Waals surface area contributed by atoms with Crippen LogP contribution in [0.25, 0.3) is 11.4 Å². The molecule has 1 amide bonds. The number of benzene rings is 2. The van der Waals surface area contributed by atoms with E-state index >= 15 is 0 Å². The second-order valence-corrected chi connectivity index (χ2v) is 7.89. The zero-order valence-corrected chi connectivity index (χ0v) is 15.2. The molecular formula is C16H14ClN5O3S. The molecule has 134 valence electrons. The largest absolute Gasteiger partial charge is 0.324 e. The van der Waals surface area contributed by atoms with E-state index in [1.54, 1.807) is 36.4 Å². The molecule has 0 atom stereocenters. The van der Waals surface area contributed by atoms with Gasteiger partial charge in [-0.1, -0.05) is 29.8 Å². The Hall–Kier alpha value is -2.78. The molecule has 0 fully saturated rings. The lowest BCUT2D eigenvalue weighted by atomic mass is 10.2. The van der Waals surface area contributed by atoms with Crippen molar-refractivity contribution in [1.82, 2.24) is 20.2 Å². The number of nitrogens with zero attached hydrogens (tertiary/aromatic N) is 4. The second kappa shape index (κ2) is 7.22. The van der Waals surface area contributed by atoms with Crippen LogP contribution in [0.1, 0.15) is 0 Å². The first-order valence-electron chi connectivity index (χ1n) is 7.45. The number of nitrogens with one attached hydrogen (secondary N) is 1. The monoisotopic (exact) mass is 391 g/mol. The minimum Gasteiger partial charge on any atom is -0.324 e. The minimum atomic E-state index is -3.36. The van der Waals surface area contributed by atoms with Crippen molar-refractivity contribution < 1.29 is 13.2 Å². The summed E-state index contributed by atoms with van der Waals surface area (Å²) in [6, 6.07) is 13.0. The maximum atomic E-state index is 12.1. The number of carbonyl (C=O) groups excluding carboxylic acids is 1. The van der Waals surface area contributed by atoms with Crippen LogP contribution in [0.5, 0.6) is 0 Å². The molecule has 0 aliphatic heterocycles. The number of carbonyl (C=O) groups is 1. The topological polar surface area (TPSA) is 107 Å². The number of tetrazole rings is 1. The number of halogens is 1. The molecule has 0 saturated heterocycles. The number of aromatic nitrogens is 4. The third-order valence-electron chi connectivity index (χ3n) is 3.40. The van der Waals surface area contributed by atoms with Crippen LogP contribution in [0.15, 0.2) is 53.4 Å². The molecule has 10 heteroatoms. The molecule has 2 aromatic carbocycles. The van der Waals surface area contributed by atoms with E-state index in [0.717, 1.165) is 11.1 Å². The zero-order chi connectivity index (χ0) is 18.7. The summed E-state index contributed by atoms with van der Waals surface area (Å²) in [4.78, 5) is 13.4. The minimum absolute atomic E-state index is 0.121. The van der Waals surface area contributed by atoms with Crippen LogP contribution in [-0.2, 0) is 21.2 Å². The molecule has 0 unspecified atom stereocenters. The zero-order valence-electron chi connectivity index (χ0n) is 13.6. The first-order chi connectivity index (χ1) is 12.3. The van der Waals surface area contributed by atoms with Crippen LogP contribution in [0, 0.1) is 0 Å². The molecule has 8 nitrogen and oxygen atoms in total. The lowest BCUT2D eigenvalue weighted by Gasteiger charge is -2.06. The van der Waals surface area contributed by atoms with Crippen LogP contribution in [0.2, 0.25) is 5.02 Å². The highest BCUT2D eigenvalue weighted by Gasteiger charge is 2.13. The van der Waals surface area contributed by atoms with Gasteiger partial charge in [-0.15, -0.1) is 10.2 Å². The summed E-state index contributed by atoms with van der Waals surface area (Å²) in [5.41, 5.74) is 0.978. The average Bonchev–Trinajstić information content (AvgIpc) is 3.02. The molecule has 0 spiro atoms. The van der Waals surface area contributed by atoms with E-state index in [1.807, 2.05) is 0 Å². The second-order valence-electron chi connectivity index (χ2n) is 5.47. The van der Waals surface area contributed by atoms with Crippen LogP contribution in [0.4, 0.5) is 5.69 Å². The number of anilines is 1. The first kappa shape index (κ1) is 18.0.